The van der Waals surface area contributed by atoms with Crippen molar-refractivity contribution in [1.82, 2.24) is 15.5 Å². The van der Waals surface area contributed by atoms with Crippen molar-refractivity contribution in [2.24, 2.45) is 28.6 Å². The quantitative estimate of drug-likeness (QED) is 0.355. The zero-order valence-electron chi connectivity index (χ0n) is 20.8. The first-order valence-corrected chi connectivity index (χ1v) is 11.6. The van der Waals surface area contributed by atoms with Crippen LogP contribution in [0.3, 0.4) is 0 Å². The minimum Gasteiger partial charge on any atom is -0.481 e. The molecule has 0 aromatic carbocycles. The first-order valence-electron chi connectivity index (χ1n) is 11.6. The van der Waals surface area contributed by atoms with Crippen LogP contribution in [-0.2, 0) is 19.2 Å². The van der Waals surface area contributed by atoms with Crippen molar-refractivity contribution in [1.29, 1.82) is 5.26 Å². The number of hydrogen-bond donors (Lipinski definition) is 4. The van der Waals surface area contributed by atoms with E-state index in [0.29, 0.717) is 0 Å². The van der Waals surface area contributed by atoms with Crippen LogP contribution in [0.2, 0.25) is 0 Å². The number of carbonyl (C=O) groups is 4. The van der Waals surface area contributed by atoms with Crippen LogP contribution in [0.4, 0.5) is 13.2 Å². The van der Waals surface area contributed by atoms with Crippen LogP contribution in [0, 0.1) is 39.9 Å². The molecule has 6 atom stereocenters. The molecule has 0 aromatic rings. The number of rotatable bonds is 9. The molecule has 4 N–H and O–H groups in total. The molecule has 1 heterocycles. The third kappa shape index (κ3) is 6.08. The highest BCUT2D eigenvalue weighted by Gasteiger charge is 2.70. The molecule has 0 bridgehead atoms. The van der Waals surface area contributed by atoms with E-state index >= 15 is 0 Å². The van der Waals surface area contributed by atoms with E-state index in [4.69, 9.17) is 5.11 Å². The minimum absolute atomic E-state index is 0.0859. The number of carbonyl (C=O) groups excluding carboxylic acids is 3. The number of fused-ring (bicyclic) bond motifs is 1. The van der Waals surface area contributed by atoms with E-state index < -0.39 is 65.9 Å². The zero-order chi connectivity index (χ0) is 27.8. The third-order valence-corrected chi connectivity index (χ3v) is 7.23. The summed E-state index contributed by atoms with van der Waals surface area (Å²) in [6.45, 7) is 7.90. The third-order valence-electron chi connectivity index (χ3n) is 7.23. The number of carboxylic acid groups (broad SMARTS) is 1. The van der Waals surface area contributed by atoms with E-state index in [0.717, 1.165) is 4.90 Å². The van der Waals surface area contributed by atoms with Gasteiger partial charge in [-0.25, -0.2) is 0 Å². The molecular weight excluding hydrogens is 485 g/mol. The first kappa shape index (κ1) is 29.4. The molecule has 10 nitrogen and oxygen atoms in total. The highest BCUT2D eigenvalue weighted by Crippen LogP contribution is 2.65. The molecule has 1 saturated heterocycles. The summed E-state index contributed by atoms with van der Waals surface area (Å²) >= 11 is 0. The number of aliphatic hydroxyl groups excluding tert-OH is 1. The molecule has 0 aromatic heterocycles. The Kier molecular flexibility index (Phi) is 8.35. The Balaban J connectivity index is 2.29. The number of aliphatic carboxylic acids is 1. The van der Waals surface area contributed by atoms with Crippen molar-refractivity contribution in [3.05, 3.63) is 0 Å². The van der Waals surface area contributed by atoms with Crippen LogP contribution >= 0.6 is 0 Å². The summed E-state index contributed by atoms with van der Waals surface area (Å²) in [5.74, 6) is -6.61. The van der Waals surface area contributed by atoms with Crippen molar-refractivity contribution in [2.45, 2.75) is 71.8 Å². The first-order chi connectivity index (χ1) is 16.4. The van der Waals surface area contributed by atoms with Crippen LogP contribution in [0.25, 0.3) is 0 Å². The van der Waals surface area contributed by atoms with Crippen molar-refractivity contribution < 1.29 is 42.6 Å². The molecule has 2 fully saturated rings. The summed E-state index contributed by atoms with van der Waals surface area (Å²) in [7, 11) is 0. The highest BCUT2D eigenvalue weighted by molar-refractivity contribution is 5.95. The van der Waals surface area contributed by atoms with Crippen molar-refractivity contribution in [3.8, 4) is 6.07 Å². The molecule has 36 heavy (non-hydrogen) atoms. The molecule has 1 aliphatic carbocycles. The maximum Gasteiger partial charge on any atom is 0.471 e. The van der Waals surface area contributed by atoms with Crippen LogP contribution in [0.1, 0.15) is 47.5 Å². The lowest BCUT2D eigenvalue weighted by atomic mass is 9.85. The fraction of sp³-hybridized carbons (Fsp3) is 0.783. The maximum absolute atomic E-state index is 13.4. The summed E-state index contributed by atoms with van der Waals surface area (Å²) in [6, 6.07) is -2.09. The summed E-state index contributed by atoms with van der Waals surface area (Å²) in [5, 5.41) is 32.1. The minimum atomic E-state index is -5.20. The molecule has 13 heteroatoms. The van der Waals surface area contributed by atoms with E-state index in [-0.39, 0.29) is 36.6 Å². The zero-order valence-corrected chi connectivity index (χ0v) is 20.8. The molecular formula is C23H33F3N4O6. The molecule has 202 valence electrons. The van der Waals surface area contributed by atoms with Gasteiger partial charge in [0, 0.05) is 13.2 Å². The SMILES string of the molecule is CC(C)(C)[C@H](NC(=O)C(F)(F)F)C(=O)N1C[C@H]2[C@@H]([C@H]1C(=O)N[C@H](C#N)C[C@H](CCO)C(=O)O)C2(C)C. The monoisotopic (exact) mass is 518 g/mol. The highest BCUT2D eigenvalue weighted by atomic mass is 19.4. The van der Waals surface area contributed by atoms with E-state index in [9.17, 15) is 42.7 Å². The lowest BCUT2D eigenvalue weighted by Gasteiger charge is -2.37. The number of hydrogen-bond acceptors (Lipinski definition) is 6. The van der Waals surface area contributed by atoms with E-state index in [1.807, 2.05) is 19.9 Å². The van der Waals surface area contributed by atoms with Crippen LogP contribution in [-0.4, -0.2) is 76.3 Å². The van der Waals surface area contributed by atoms with Gasteiger partial charge < -0.3 is 25.7 Å². The predicted molar refractivity (Wildman–Crippen MR) is 119 cm³/mol. The number of nitriles is 1. The predicted octanol–water partition coefficient (Wildman–Crippen LogP) is 1.04. The maximum atomic E-state index is 13.4. The Bertz CT molecular complexity index is 940. The van der Waals surface area contributed by atoms with E-state index in [1.54, 1.807) is 5.32 Å². The molecule has 0 spiro atoms. The lowest BCUT2D eigenvalue weighted by Crippen LogP contribution is -2.61. The average Bonchev–Trinajstić information content (AvgIpc) is 3.09. The summed E-state index contributed by atoms with van der Waals surface area (Å²) in [4.78, 5) is 50.9. The van der Waals surface area contributed by atoms with E-state index in [2.05, 4.69) is 5.32 Å². The number of amides is 3. The van der Waals surface area contributed by atoms with Gasteiger partial charge in [0.2, 0.25) is 11.8 Å². The second-order valence-corrected chi connectivity index (χ2v) is 11.1. The second kappa shape index (κ2) is 10.2. The largest absolute Gasteiger partial charge is 0.481 e. The van der Waals surface area contributed by atoms with Gasteiger partial charge in [-0.2, -0.15) is 18.4 Å². The van der Waals surface area contributed by atoms with Gasteiger partial charge in [0.05, 0.1) is 12.0 Å². The molecule has 2 rings (SSSR count). The van der Waals surface area contributed by atoms with Gasteiger partial charge >= 0.3 is 18.1 Å². The number of aliphatic hydroxyl groups is 1. The second-order valence-electron chi connectivity index (χ2n) is 11.1. The average molecular weight is 519 g/mol. The molecule has 1 saturated carbocycles. The Morgan fingerprint density at radius 2 is 1.75 bits per heavy atom. The number of nitrogens with one attached hydrogen (secondary N) is 2. The van der Waals surface area contributed by atoms with Gasteiger partial charge in [0.25, 0.3) is 0 Å². The van der Waals surface area contributed by atoms with Gasteiger partial charge in [0.1, 0.15) is 18.1 Å². The number of carboxylic acids is 1. The van der Waals surface area contributed by atoms with Crippen molar-refractivity contribution in [2.75, 3.05) is 13.2 Å². The van der Waals surface area contributed by atoms with Gasteiger partial charge in [-0.1, -0.05) is 34.6 Å². The van der Waals surface area contributed by atoms with Crippen LogP contribution in [0.15, 0.2) is 0 Å². The van der Waals surface area contributed by atoms with Gasteiger partial charge in [0.15, 0.2) is 0 Å². The molecule has 0 unspecified atom stereocenters. The van der Waals surface area contributed by atoms with Crippen LogP contribution in [0.5, 0.6) is 0 Å². The molecule has 3 amide bonds. The Morgan fingerprint density at radius 3 is 2.19 bits per heavy atom. The van der Waals surface area contributed by atoms with Crippen molar-refractivity contribution >= 4 is 23.7 Å². The number of halogens is 3. The van der Waals surface area contributed by atoms with Gasteiger partial charge in [-0.3, -0.25) is 19.2 Å². The van der Waals surface area contributed by atoms with Crippen LogP contribution < -0.4 is 10.6 Å². The summed E-state index contributed by atoms with van der Waals surface area (Å²) in [5.41, 5.74) is -1.45. The van der Waals surface area contributed by atoms with Gasteiger partial charge in [-0.15, -0.1) is 0 Å². The molecule has 2 aliphatic rings. The standard InChI is InChI=1S/C23H33F3N4O6/c1-21(2,3)16(29-20(36)23(24,25)26)18(33)30-10-13-14(22(13,4)5)15(30)17(32)28-12(9-27)8-11(6-7-31)19(34)35/h11-16,31H,6-8,10H2,1-5H3,(H,28,32)(H,29,36)(H,34,35)/t11-,12-,13-,14-,15-,16+/m0/s1. The Labute approximate surface area is 207 Å². The number of piperidine rings is 1. The Morgan fingerprint density at radius 1 is 1.17 bits per heavy atom. The summed E-state index contributed by atoms with van der Waals surface area (Å²) in [6.07, 6.45) is -5.60. The normalized spacial score (nSPS) is 25.1. The molecule has 0 radical (unpaired) electrons. The fourth-order valence-corrected chi connectivity index (χ4v) is 5.02. The Hall–Kier alpha value is -2.88. The smallest absolute Gasteiger partial charge is 0.471 e. The number of nitrogens with zero attached hydrogens (tertiary/aromatic N) is 2. The summed E-state index contributed by atoms with van der Waals surface area (Å²) < 4.78 is 38.8. The number of likely N-dealkylation sites (tertiary alicyclic amines) is 1. The van der Waals surface area contributed by atoms with E-state index in [1.165, 1.54) is 20.8 Å². The fourth-order valence-electron chi connectivity index (χ4n) is 5.02. The van der Waals surface area contributed by atoms with Gasteiger partial charge in [-0.05, 0) is 35.5 Å². The lowest BCUT2D eigenvalue weighted by molar-refractivity contribution is -0.176. The molecule has 1 aliphatic heterocycles. The van der Waals surface area contributed by atoms with Crippen molar-refractivity contribution in [3.63, 3.8) is 0 Å². The number of alkyl halides is 3. The topological polar surface area (TPSA) is 160 Å².